The maximum absolute atomic E-state index is 12.5. The van der Waals surface area contributed by atoms with Crippen LogP contribution in [0.15, 0.2) is 51.0 Å². The molecule has 0 bridgehead atoms. The Morgan fingerprint density at radius 3 is 2.59 bits per heavy atom. The molecule has 1 atom stereocenters. The topological polar surface area (TPSA) is 73.8 Å². The zero-order chi connectivity index (χ0) is 19.9. The Hall–Kier alpha value is -1.90. The van der Waals surface area contributed by atoms with Crippen LogP contribution in [-0.2, 0) is 16.6 Å². The Bertz CT molecular complexity index is 846. The minimum Gasteiger partial charge on any atom is -0.357 e. The first-order chi connectivity index (χ1) is 12.9. The maximum atomic E-state index is 12.5. The molecule has 0 saturated carbocycles. The zero-order valence-electron chi connectivity index (χ0n) is 16.3. The molecule has 0 radical (unpaired) electrons. The van der Waals surface area contributed by atoms with E-state index in [2.05, 4.69) is 39.4 Å². The van der Waals surface area contributed by atoms with Gasteiger partial charge in [0, 0.05) is 27.2 Å². The molecular formula is C19H28N4O2S2. The predicted octanol–water partition coefficient (Wildman–Crippen LogP) is 2.86. The Labute approximate surface area is 166 Å². The molecule has 0 aliphatic heterocycles. The highest BCUT2D eigenvalue weighted by Gasteiger charge is 2.20. The Morgan fingerprint density at radius 1 is 1.22 bits per heavy atom. The van der Waals surface area contributed by atoms with E-state index in [9.17, 15) is 8.42 Å². The lowest BCUT2D eigenvalue weighted by molar-refractivity contribution is 0.519. The molecule has 27 heavy (non-hydrogen) atoms. The van der Waals surface area contributed by atoms with Crippen LogP contribution in [-0.4, -0.2) is 45.9 Å². The number of rotatable bonds is 8. The van der Waals surface area contributed by atoms with Gasteiger partial charge >= 0.3 is 0 Å². The number of thiophene rings is 1. The number of sulfonamides is 1. The number of aliphatic imine (C=N–C) groups is 1. The van der Waals surface area contributed by atoms with Gasteiger partial charge in [0.15, 0.2) is 5.96 Å². The van der Waals surface area contributed by atoms with Crippen molar-refractivity contribution in [2.24, 2.45) is 4.99 Å². The number of guanidine groups is 1. The second-order valence-electron chi connectivity index (χ2n) is 6.43. The molecule has 0 fully saturated rings. The van der Waals surface area contributed by atoms with Crippen LogP contribution in [0.1, 0.15) is 30.9 Å². The summed E-state index contributed by atoms with van der Waals surface area (Å²) in [6.07, 6.45) is 0. The van der Waals surface area contributed by atoms with Crippen LogP contribution in [0.4, 0.5) is 0 Å². The van der Waals surface area contributed by atoms with E-state index in [0.29, 0.717) is 22.3 Å². The molecule has 1 aromatic heterocycles. The summed E-state index contributed by atoms with van der Waals surface area (Å²) in [5, 5.41) is 10.8. The molecule has 0 aliphatic carbocycles. The van der Waals surface area contributed by atoms with Crippen molar-refractivity contribution in [3.8, 4) is 0 Å². The fourth-order valence-electron chi connectivity index (χ4n) is 2.51. The second kappa shape index (κ2) is 9.87. The molecule has 1 aromatic carbocycles. The van der Waals surface area contributed by atoms with Crippen molar-refractivity contribution in [3.05, 3.63) is 52.2 Å². The molecule has 6 nitrogen and oxygen atoms in total. The molecule has 1 unspecified atom stereocenters. The number of nitrogens with one attached hydrogen (secondary N) is 2. The van der Waals surface area contributed by atoms with Gasteiger partial charge in [-0.2, -0.15) is 11.3 Å². The standard InChI is InChI=1S/C19H28N4O2S2/c1-5-20-19(21-12-15(2)17-10-11-26-14-17)22-13-16-8-6-7-9-18(16)27(24,25)23(3)4/h6-11,14-15H,5,12-13H2,1-4H3,(H2,20,21,22). The van der Waals surface area contributed by atoms with Crippen LogP contribution in [0.25, 0.3) is 0 Å². The number of hydrogen-bond donors (Lipinski definition) is 2. The Kier molecular flexibility index (Phi) is 7.82. The van der Waals surface area contributed by atoms with E-state index in [1.54, 1.807) is 29.5 Å². The van der Waals surface area contributed by atoms with E-state index in [1.807, 2.05) is 13.0 Å². The van der Waals surface area contributed by atoms with Crippen molar-refractivity contribution in [2.75, 3.05) is 27.2 Å². The second-order valence-corrected chi connectivity index (χ2v) is 9.33. The van der Waals surface area contributed by atoms with Gasteiger partial charge in [-0.05, 0) is 46.9 Å². The van der Waals surface area contributed by atoms with Gasteiger partial charge in [-0.25, -0.2) is 17.7 Å². The highest BCUT2D eigenvalue weighted by Crippen LogP contribution is 2.19. The first kappa shape index (κ1) is 21.4. The average Bonchev–Trinajstić information content (AvgIpc) is 3.18. The van der Waals surface area contributed by atoms with E-state index >= 15 is 0 Å². The quantitative estimate of drug-likeness (QED) is 0.520. The predicted molar refractivity (Wildman–Crippen MR) is 113 cm³/mol. The molecule has 0 saturated heterocycles. The van der Waals surface area contributed by atoms with E-state index < -0.39 is 10.0 Å². The van der Waals surface area contributed by atoms with Crippen LogP contribution >= 0.6 is 11.3 Å². The van der Waals surface area contributed by atoms with E-state index in [-0.39, 0.29) is 6.54 Å². The van der Waals surface area contributed by atoms with E-state index in [0.717, 1.165) is 13.1 Å². The van der Waals surface area contributed by atoms with Crippen molar-refractivity contribution in [1.82, 2.24) is 14.9 Å². The molecule has 0 spiro atoms. The number of nitrogens with zero attached hydrogens (tertiary/aromatic N) is 2. The first-order valence-corrected chi connectivity index (χ1v) is 11.3. The van der Waals surface area contributed by atoms with E-state index in [4.69, 9.17) is 0 Å². The summed E-state index contributed by atoms with van der Waals surface area (Å²) in [5.41, 5.74) is 1.97. The summed E-state index contributed by atoms with van der Waals surface area (Å²) in [7, 11) is -0.430. The average molecular weight is 409 g/mol. The third-order valence-electron chi connectivity index (χ3n) is 4.17. The van der Waals surface area contributed by atoms with Gasteiger partial charge < -0.3 is 10.6 Å². The summed E-state index contributed by atoms with van der Waals surface area (Å²) in [5.74, 6) is 1.04. The van der Waals surface area contributed by atoms with Crippen LogP contribution in [0.2, 0.25) is 0 Å². The monoisotopic (exact) mass is 408 g/mol. The lowest BCUT2D eigenvalue weighted by atomic mass is 10.1. The molecule has 1 heterocycles. The third-order valence-corrected chi connectivity index (χ3v) is 6.79. The van der Waals surface area contributed by atoms with Gasteiger partial charge in [-0.3, -0.25) is 0 Å². The molecule has 0 amide bonds. The number of benzene rings is 1. The van der Waals surface area contributed by atoms with Gasteiger partial charge in [0.1, 0.15) is 0 Å². The Morgan fingerprint density at radius 2 is 1.96 bits per heavy atom. The van der Waals surface area contributed by atoms with E-state index in [1.165, 1.54) is 24.0 Å². The molecule has 2 N–H and O–H groups in total. The SMILES string of the molecule is CCNC(=NCc1ccccc1S(=O)(=O)N(C)C)NCC(C)c1ccsc1. The van der Waals surface area contributed by atoms with Crippen molar-refractivity contribution < 1.29 is 8.42 Å². The minimum atomic E-state index is -3.50. The first-order valence-electron chi connectivity index (χ1n) is 8.91. The molecule has 0 aliphatic rings. The van der Waals surface area contributed by atoms with Crippen LogP contribution < -0.4 is 10.6 Å². The molecule has 148 valence electrons. The van der Waals surface area contributed by atoms with Gasteiger partial charge in [0.05, 0.1) is 11.4 Å². The summed E-state index contributed by atoms with van der Waals surface area (Å²) in [4.78, 5) is 4.88. The lowest BCUT2D eigenvalue weighted by Gasteiger charge is -2.16. The largest absolute Gasteiger partial charge is 0.357 e. The molecule has 2 aromatic rings. The van der Waals surface area contributed by atoms with Crippen molar-refractivity contribution in [2.45, 2.75) is 31.2 Å². The van der Waals surface area contributed by atoms with Gasteiger partial charge in [-0.15, -0.1) is 0 Å². The van der Waals surface area contributed by atoms with Crippen LogP contribution in [0.3, 0.4) is 0 Å². The zero-order valence-corrected chi connectivity index (χ0v) is 17.9. The minimum absolute atomic E-state index is 0.283. The van der Waals surface area contributed by atoms with Gasteiger partial charge in [-0.1, -0.05) is 25.1 Å². The fraction of sp³-hybridized carbons (Fsp3) is 0.421. The highest BCUT2D eigenvalue weighted by molar-refractivity contribution is 7.89. The summed E-state index contributed by atoms with van der Waals surface area (Å²) in [6, 6.07) is 9.12. The third kappa shape index (κ3) is 5.79. The Balaban J connectivity index is 2.13. The van der Waals surface area contributed by atoms with Crippen molar-refractivity contribution >= 4 is 27.3 Å². The van der Waals surface area contributed by atoms with Crippen LogP contribution in [0.5, 0.6) is 0 Å². The van der Waals surface area contributed by atoms with Crippen molar-refractivity contribution in [1.29, 1.82) is 0 Å². The maximum Gasteiger partial charge on any atom is 0.242 e. The summed E-state index contributed by atoms with van der Waals surface area (Å²) >= 11 is 1.69. The van der Waals surface area contributed by atoms with Crippen LogP contribution in [0, 0.1) is 0 Å². The highest BCUT2D eigenvalue weighted by atomic mass is 32.2. The fourth-order valence-corrected chi connectivity index (χ4v) is 4.40. The summed E-state index contributed by atoms with van der Waals surface area (Å²) < 4.78 is 26.3. The molecular weight excluding hydrogens is 380 g/mol. The number of hydrogen-bond acceptors (Lipinski definition) is 4. The molecule has 8 heteroatoms. The van der Waals surface area contributed by atoms with Gasteiger partial charge in [0.2, 0.25) is 10.0 Å². The normalized spacial score (nSPS) is 13.6. The van der Waals surface area contributed by atoms with Crippen molar-refractivity contribution in [3.63, 3.8) is 0 Å². The lowest BCUT2D eigenvalue weighted by Crippen LogP contribution is -2.39. The van der Waals surface area contributed by atoms with Gasteiger partial charge in [0.25, 0.3) is 0 Å². The molecule has 2 rings (SSSR count). The smallest absolute Gasteiger partial charge is 0.242 e. The summed E-state index contributed by atoms with van der Waals surface area (Å²) in [6.45, 7) is 5.93.